The van der Waals surface area contributed by atoms with Crippen LogP contribution in [0.2, 0.25) is 0 Å². The molecule has 0 atom stereocenters. The molecule has 2 aliphatic rings. The zero-order valence-electron chi connectivity index (χ0n) is 23.2. The van der Waals surface area contributed by atoms with Crippen LogP contribution in [-0.4, -0.2) is 5.71 Å². The molecule has 0 aromatic heterocycles. The molecule has 42 heavy (non-hydrogen) atoms. The summed E-state index contributed by atoms with van der Waals surface area (Å²) < 4.78 is 0. The minimum atomic E-state index is -0.325. The highest BCUT2D eigenvalue weighted by Gasteiger charge is 2.51. The minimum absolute atomic E-state index is 0.325. The van der Waals surface area contributed by atoms with Crippen molar-refractivity contribution < 1.29 is 0 Å². The maximum Gasteiger partial charge on any atom is 0.0725 e. The highest BCUT2D eigenvalue weighted by Crippen LogP contribution is 2.62. The third kappa shape index (κ3) is 3.74. The van der Waals surface area contributed by atoms with Gasteiger partial charge < -0.3 is 0 Å². The second-order valence-electron chi connectivity index (χ2n) is 11.1. The van der Waals surface area contributed by atoms with E-state index in [-0.39, 0.29) is 5.41 Å². The molecule has 0 N–H and O–H groups in total. The molecular weight excluding hydrogens is 506 g/mol. The van der Waals surface area contributed by atoms with Crippen molar-refractivity contribution in [1.82, 2.24) is 0 Å². The van der Waals surface area contributed by atoms with Gasteiger partial charge in [0.25, 0.3) is 0 Å². The van der Waals surface area contributed by atoms with E-state index in [0.717, 1.165) is 16.8 Å². The summed E-state index contributed by atoms with van der Waals surface area (Å²) in [4.78, 5) is 5.19. The average Bonchev–Trinajstić information content (AvgIpc) is 3.53. The molecule has 0 saturated heterocycles. The number of hydrogen-bond acceptors (Lipinski definition) is 1. The highest BCUT2D eigenvalue weighted by molar-refractivity contribution is 6.10. The summed E-state index contributed by atoms with van der Waals surface area (Å²) in [5.74, 6) is 0. The Morgan fingerprint density at radius 1 is 0.500 bits per heavy atom. The van der Waals surface area contributed by atoms with Crippen LogP contribution in [-0.2, 0) is 12.0 Å². The molecule has 0 fully saturated rings. The summed E-state index contributed by atoms with van der Waals surface area (Å²) in [6.07, 6.45) is 4.28. The lowest BCUT2D eigenvalue weighted by Crippen LogP contribution is -2.25. The van der Waals surface area contributed by atoms with Gasteiger partial charge in [0.2, 0.25) is 0 Å². The number of allylic oxidation sites excluding steroid dienone is 1. The van der Waals surface area contributed by atoms with Crippen LogP contribution < -0.4 is 0 Å². The van der Waals surface area contributed by atoms with E-state index in [2.05, 4.69) is 158 Å². The van der Waals surface area contributed by atoms with Gasteiger partial charge in [-0.05, 0) is 67.3 Å². The van der Waals surface area contributed by atoms with Crippen molar-refractivity contribution >= 4 is 11.8 Å². The Hall–Kier alpha value is -5.27. The van der Waals surface area contributed by atoms with Crippen LogP contribution in [0.1, 0.15) is 38.9 Å². The predicted octanol–water partition coefficient (Wildman–Crippen LogP) is 9.73. The Bertz CT molecular complexity index is 1930. The Kier molecular flexibility index (Phi) is 5.82. The Labute approximate surface area is 247 Å². The molecule has 8 rings (SSSR count). The van der Waals surface area contributed by atoms with Gasteiger partial charge in [-0.2, -0.15) is 0 Å². The van der Waals surface area contributed by atoms with E-state index in [1.165, 1.54) is 50.1 Å². The number of aliphatic imine (C=N–C) groups is 1. The SMILES string of the molecule is C(=C\c1ccccc1)/C(=N\Cc1ccc2c(c1)C1(c3ccccc3-c3ccccc31)c1ccccc1-2)c1ccccc1. The smallest absolute Gasteiger partial charge is 0.0725 e. The van der Waals surface area contributed by atoms with Crippen LogP contribution in [0.5, 0.6) is 0 Å². The lowest BCUT2D eigenvalue weighted by molar-refractivity contribution is 0.791. The number of hydrogen-bond donors (Lipinski definition) is 0. The Balaban J connectivity index is 1.27. The number of nitrogens with zero attached hydrogens (tertiary/aromatic N) is 1. The van der Waals surface area contributed by atoms with Gasteiger partial charge in [0.15, 0.2) is 0 Å². The van der Waals surface area contributed by atoms with E-state index in [9.17, 15) is 0 Å². The van der Waals surface area contributed by atoms with E-state index in [0.29, 0.717) is 6.54 Å². The van der Waals surface area contributed by atoms with Gasteiger partial charge in [-0.25, -0.2) is 0 Å². The van der Waals surface area contributed by atoms with E-state index in [1.807, 2.05) is 6.07 Å². The van der Waals surface area contributed by atoms with Crippen molar-refractivity contribution in [2.24, 2.45) is 4.99 Å². The van der Waals surface area contributed by atoms with E-state index in [1.54, 1.807) is 0 Å². The molecule has 2 aliphatic carbocycles. The molecule has 0 amide bonds. The first-order chi connectivity index (χ1) is 20.8. The second-order valence-corrected chi connectivity index (χ2v) is 11.1. The van der Waals surface area contributed by atoms with Crippen molar-refractivity contribution in [2.45, 2.75) is 12.0 Å². The third-order valence-corrected chi connectivity index (χ3v) is 8.80. The number of fused-ring (bicyclic) bond motifs is 10. The van der Waals surface area contributed by atoms with Crippen LogP contribution in [0.4, 0.5) is 0 Å². The van der Waals surface area contributed by atoms with Gasteiger partial charge >= 0.3 is 0 Å². The molecule has 1 nitrogen and oxygen atoms in total. The molecule has 198 valence electrons. The van der Waals surface area contributed by atoms with Crippen molar-refractivity contribution in [3.05, 3.63) is 197 Å². The fourth-order valence-electron chi connectivity index (χ4n) is 7.01. The Morgan fingerprint density at radius 3 is 1.60 bits per heavy atom. The molecule has 0 unspecified atom stereocenters. The molecule has 1 spiro atoms. The maximum atomic E-state index is 5.19. The highest BCUT2D eigenvalue weighted by atomic mass is 14.7. The van der Waals surface area contributed by atoms with Crippen molar-refractivity contribution in [3.8, 4) is 22.3 Å². The molecule has 6 aromatic rings. The quantitative estimate of drug-likeness (QED) is 0.195. The molecule has 0 saturated carbocycles. The van der Waals surface area contributed by atoms with Gasteiger partial charge in [0.1, 0.15) is 0 Å². The summed E-state index contributed by atoms with van der Waals surface area (Å²) in [5.41, 5.74) is 14.9. The summed E-state index contributed by atoms with van der Waals surface area (Å²) in [6, 6.07) is 54.8. The first-order valence-electron chi connectivity index (χ1n) is 14.6. The maximum absolute atomic E-state index is 5.19. The van der Waals surface area contributed by atoms with Crippen LogP contribution in [0.25, 0.3) is 28.3 Å². The fraction of sp³-hybridized carbons (Fsp3) is 0.0488. The van der Waals surface area contributed by atoms with Crippen LogP contribution in [0, 0.1) is 0 Å². The lowest BCUT2D eigenvalue weighted by atomic mass is 9.70. The molecule has 6 aromatic carbocycles. The first-order valence-corrected chi connectivity index (χ1v) is 14.6. The fourth-order valence-corrected chi connectivity index (χ4v) is 7.01. The normalized spacial score (nSPS) is 14.0. The Morgan fingerprint density at radius 2 is 1.00 bits per heavy atom. The van der Waals surface area contributed by atoms with E-state index in [4.69, 9.17) is 4.99 Å². The van der Waals surface area contributed by atoms with Gasteiger partial charge in [-0.1, -0.05) is 158 Å². The topological polar surface area (TPSA) is 12.4 Å². The van der Waals surface area contributed by atoms with Crippen molar-refractivity contribution in [2.75, 3.05) is 0 Å². The zero-order chi connectivity index (χ0) is 27.9. The van der Waals surface area contributed by atoms with Gasteiger partial charge in [-0.3, -0.25) is 4.99 Å². The molecule has 0 bridgehead atoms. The van der Waals surface area contributed by atoms with Gasteiger partial charge in [-0.15, -0.1) is 0 Å². The van der Waals surface area contributed by atoms with E-state index >= 15 is 0 Å². The lowest BCUT2D eigenvalue weighted by Gasteiger charge is -2.30. The summed E-state index contributed by atoms with van der Waals surface area (Å²) in [6.45, 7) is 0.604. The average molecular weight is 536 g/mol. The molecule has 0 radical (unpaired) electrons. The van der Waals surface area contributed by atoms with Crippen LogP contribution in [0.15, 0.2) is 163 Å². The number of rotatable bonds is 5. The standard InChI is InChI=1S/C41H29N/c1-3-13-29(14-4-1)24-26-40(31-15-5-2-6-16-31)42-28-30-23-25-35-34-19-9-12-22-38(34)41(39(35)27-30)36-20-10-7-17-32(36)33-18-8-11-21-37(33)41/h1-27H,28H2/b26-24+,42-40+. The van der Waals surface area contributed by atoms with Crippen LogP contribution >= 0.6 is 0 Å². The number of benzene rings is 6. The van der Waals surface area contributed by atoms with E-state index < -0.39 is 0 Å². The second kappa shape index (κ2) is 9.98. The summed E-state index contributed by atoms with van der Waals surface area (Å²) in [7, 11) is 0. The molecule has 0 aliphatic heterocycles. The van der Waals surface area contributed by atoms with Crippen molar-refractivity contribution in [3.63, 3.8) is 0 Å². The minimum Gasteiger partial charge on any atom is -0.280 e. The third-order valence-electron chi connectivity index (χ3n) is 8.80. The largest absolute Gasteiger partial charge is 0.280 e. The molecular formula is C41H29N. The van der Waals surface area contributed by atoms with Gasteiger partial charge in [0, 0.05) is 0 Å². The predicted molar refractivity (Wildman–Crippen MR) is 175 cm³/mol. The molecule has 1 heteroatoms. The van der Waals surface area contributed by atoms with Crippen molar-refractivity contribution in [1.29, 1.82) is 0 Å². The van der Waals surface area contributed by atoms with Crippen LogP contribution in [0.3, 0.4) is 0 Å². The van der Waals surface area contributed by atoms with Gasteiger partial charge in [0.05, 0.1) is 17.7 Å². The summed E-state index contributed by atoms with van der Waals surface area (Å²) >= 11 is 0. The zero-order valence-corrected chi connectivity index (χ0v) is 23.2. The summed E-state index contributed by atoms with van der Waals surface area (Å²) in [5, 5.41) is 0. The monoisotopic (exact) mass is 535 g/mol. The first kappa shape index (κ1) is 24.5. The molecule has 0 heterocycles.